The zero-order chi connectivity index (χ0) is 13.9. The number of nitrogens with two attached hydrogens (primary N) is 1. The van der Waals surface area contributed by atoms with Crippen molar-refractivity contribution in [1.82, 2.24) is 4.98 Å². The molecule has 104 valence electrons. The van der Waals surface area contributed by atoms with E-state index in [-0.39, 0.29) is 17.2 Å². The molecule has 1 aromatic rings. The summed E-state index contributed by atoms with van der Waals surface area (Å²) < 4.78 is 0. The quantitative estimate of drug-likeness (QED) is 0.829. The first-order valence-electron chi connectivity index (χ1n) is 6.54. The predicted octanol–water partition coefficient (Wildman–Crippen LogP) is 2.34. The van der Waals surface area contributed by atoms with Crippen LogP contribution in [0.3, 0.4) is 0 Å². The van der Waals surface area contributed by atoms with Crippen molar-refractivity contribution in [2.75, 3.05) is 5.32 Å². The largest absolute Gasteiger partial charge is 0.325 e. The molecule has 0 aromatic carbocycles. The van der Waals surface area contributed by atoms with Gasteiger partial charge in [-0.15, -0.1) is 11.3 Å². The summed E-state index contributed by atoms with van der Waals surface area (Å²) >= 11 is 1.26. The van der Waals surface area contributed by atoms with Gasteiger partial charge < -0.3 is 11.1 Å². The van der Waals surface area contributed by atoms with E-state index >= 15 is 0 Å². The van der Waals surface area contributed by atoms with E-state index in [9.17, 15) is 9.59 Å². The number of rotatable bonds is 4. The van der Waals surface area contributed by atoms with Crippen molar-refractivity contribution in [1.29, 1.82) is 0 Å². The van der Waals surface area contributed by atoms with Gasteiger partial charge in [-0.3, -0.25) is 9.59 Å². The van der Waals surface area contributed by atoms with Crippen molar-refractivity contribution in [3.05, 3.63) is 11.1 Å². The molecule has 1 aliphatic rings. The molecular weight excluding hydrogens is 262 g/mol. The number of nitrogens with zero attached hydrogens (tertiary/aromatic N) is 1. The molecule has 1 fully saturated rings. The van der Waals surface area contributed by atoms with Crippen LogP contribution in [0.5, 0.6) is 0 Å². The molecule has 0 saturated heterocycles. The van der Waals surface area contributed by atoms with Gasteiger partial charge in [0, 0.05) is 24.3 Å². The Kier molecular flexibility index (Phi) is 4.31. The Balaban J connectivity index is 1.91. The number of hydrogen-bond acceptors (Lipinski definition) is 5. The number of carbonyl (C=O) groups is 2. The van der Waals surface area contributed by atoms with Gasteiger partial charge in [-0.25, -0.2) is 4.98 Å². The van der Waals surface area contributed by atoms with Gasteiger partial charge in [0.25, 0.3) is 0 Å². The Morgan fingerprint density at radius 2 is 2.11 bits per heavy atom. The molecule has 2 rings (SSSR count). The number of Topliss-reactive ketones (excluding diaryl/α,β-unsaturated/α-hetero) is 1. The molecule has 1 heterocycles. The first-order chi connectivity index (χ1) is 8.98. The van der Waals surface area contributed by atoms with E-state index in [0.717, 1.165) is 25.7 Å². The summed E-state index contributed by atoms with van der Waals surface area (Å²) in [6, 6.07) is 0. The maximum absolute atomic E-state index is 12.0. The van der Waals surface area contributed by atoms with E-state index in [1.165, 1.54) is 24.7 Å². The van der Waals surface area contributed by atoms with E-state index in [1.54, 1.807) is 5.38 Å². The van der Waals surface area contributed by atoms with E-state index in [0.29, 0.717) is 17.2 Å². The molecule has 0 bridgehead atoms. The second-order valence-electron chi connectivity index (χ2n) is 5.24. The lowest BCUT2D eigenvalue weighted by Gasteiger charge is -2.32. The maximum atomic E-state index is 12.0. The van der Waals surface area contributed by atoms with Crippen molar-refractivity contribution < 1.29 is 9.59 Å². The monoisotopic (exact) mass is 281 g/mol. The third-order valence-electron chi connectivity index (χ3n) is 3.47. The normalized spacial score (nSPS) is 18.0. The molecule has 1 aliphatic carbocycles. The van der Waals surface area contributed by atoms with Crippen molar-refractivity contribution >= 4 is 28.2 Å². The smallest absolute Gasteiger partial charge is 0.228 e. The summed E-state index contributed by atoms with van der Waals surface area (Å²) in [5, 5.41) is 4.84. The Hall–Kier alpha value is -1.27. The number of nitrogens with one attached hydrogen (secondary N) is 1. The van der Waals surface area contributed by atoms with E-state index in [4.69, 9.17) is 5.73 Å². The molecule has 19 heavy (non-hydrogen) atoms. The van der Waals surface area contributed by atoms with Crippen LogP contribution in [0.15, 0.2) is 5.38 Å². The Labute approximate surface area is 116 Å². The molecule has 1 aromatic heterocycles. The first kappa shape index (κ1) is 14.1. The van der Waals surface area contributed by atoms with Crippen molar-refractivity contribution in [2.24, 2.45) is 5.73 Å². The Bertz CT molecular complexity index is 478. The molecule has 0 unspecified atom stereocenters. The molecule has 0 spiro atoms. The van der Waals surface area contributed by atoms with Gasteiger partial charge in [-0.2, -0.15) is 0 Å². The summed E-state index contributed by atoms with van der Waals surface area (Å²) in [5.41, 5.74) is 6.25. The van der Waals surface area contributed by atoms with Gasteiger partial charge >= 0.3 is 0 Å². The van der Waals surface area contributed by atoms with E-state index in [2.05, 4.69) is 10.3 Å². The number of carbonyl (C=O) groups excluding carboxylic acids is 2. The topological polar surface area (TPSA) is 85.1 Å². The standard InChI is InChI=1S/C13H19N3O2S/c1-9(17)10-8-19-12(15-10)16-11(18)7-13(14)5-3-2-4-6-13/h8H,2-7,14H2,1H3,(H,15,16,18). The lowest BCUT2D eigenvalue weighted by Crippen LogP contribution is -2.44. The average Bonchev–Trinajstić information content (AvgIpc) is 2.77. The minimum absolute atomic E-state index is 0.0978. The van der Waals surface area contributed by atoms with Gasteiger partial charge in [0.15, 0.2) is 10.9 Å². The highest BCUT2D eigenvalue weighted by Gasteiger charge is 2.30. The summed E-state index contributed by atoms with van der Waals surface area (Å²) in [4.78, 5) is 27.1. The maximum Gasteiger partial charge on any atom is 0.228 e. The minimum atomic E-state index is -0.372. The van der Waals surface area contributed by atoms with Crippen LogP contribution in [0.4, 0.5) is 5.13 Å². The number of thiazole rings is 1. The summed E-state index contributed by atoms with van der Waals surface area (Å²) in [7, 11) is 0. The number of amides is 1. The second-order valence-corrected chi connectivity index (χ2v) is 6.10. The number of aromatic nitrogens is 1. The molecule has 6 heteroatoms. The van der Waals surface area contributed by atoms with Gasteiger partial charge in [0.1, 0.15) is 5.69 Å². The van der Waals surface area contributed by atoms with Gasteiger partial charge in [-0.05, 0) is 12.8 Å². The Morgan fingerprint density at radius 3 is 2.68 bits per heavy atom. The van der Waals surface area contributed by atoms with Crippen molar-refractivity contribution in [3.8, 4) is 0 Å². The Morgan fingerprint density at radius 1 is 1.42 bits per heavy atom. The van der Waals surface area contributed by atoms with Crippen LogP contribution in [0.1, 0.15) is 55.9 Å². The van der Waals surface area contributed by atoms with Crippen LogP contribution in [-0.2, 0) is 4.79 Å². The van der Waals surface area contributed by atoms with Crippen LogP contribution in [0, 0.1) is 0 Å². The van der Waals surface area contributed by atoms with Gasteiger partial charge in [0.05, 0.1) is 0 Å². The third-order valence-corrected chi connectivity index (χ3v) is 4.23. The fourth-order valence-corrected chi connectivity index (χ4v) is 3.17. The molecule has 1 amide bonds. The van der Waals surface area contributed by atoms with Crippen LogP contribution < -0.4 is 11.1 Å². The molecule has 0 aliphatic heterocycles. The van der Waals surface area contributed by atoms with Crippen LogP contribution in [0.25, 0.3) is 0 Å². The SMILES string of the molecule is CC(=O)c1csc(NC(=O)CC2(N)CCCCC2)n1. The number of ketones is 1. The summed E-state index contributed by atoms with van der Waals surface area (Å²) in [6.07, 6.45) is 5.51. The lowest BCUT2D eigenvalue weighted by atomic mass is 9.80. The molecule has 1 saturated carbocycles. The fraction of sp³-hybridized carbons (Fsp3) is 0.615. The molecule has 3 N–H and O–H groups in total. The van der Waals surface area contributed by atoms with Crippen molar-refractivity contribution in [2.45, 2.75) is 51.0 Å². The second kappa shape index (κ2) is 5.79. The number of anilines is 1. The molecular formula is C13H19N3O2S. The van der Waals surface area contributed by atoms with Crippen LogP contribution in [0.2, 0.25) is 0 Å². The van der Waals surface area contributed by atoms with Crippen LogP contribution >= 0.6 is 11.3 Å². The minimum Gasteiger partial charge on any atom is -0.325 e. The predicted molar refractivity (Wildman–Crippen MR) is 75.4 cm³/mol. The van der Waals surface area contributed by atoms with E-state index in [1.807, 2.05) is 0 Å². The highest BCUT2D eigenvalue weighted by Crippen LogP contribution is 2.29. The van der Waals surface area contributed by atoms with Gasteiger partial charge in [-0.1, -0.05) is 19.3 Å². The number of hydrogen-bond donors (Lipinski definition) is 2. The zero-order valence-corrected chi connectivity index (χ0v) is 11.9. The third kappa shape index (κ3) is 3.84. The molecule has 0 radical (unpaired) electrons. The van der Waals surface area contributed by atoms with Crippen molar-refractivity contribution in [3.63, 3.8) is 0 Å². The van der Waals surface area contributed by atoms with Gasteiger partial charge in [0.2, 0.25) is 5.91 Å². The van der Waals surface area contributed by atoms with E-state index < -0.39 is 0 Å². The zero-order valence-electron chi connectivity index (χ0n) is 11.1. The average molecular weight is 281 g/mol. The molecule has 5 nitrogen and oxygen atoms in total. The highest BCUT2D eigenvalue weighted by molar-refractivity contribution is 7.14. The summed E-state index contributed by atoms with van der Waals surface area (Å²) in [5.74, 6) is -0.215. The highest BCUT2D eigenvalue weighted by atomic mass is 32.1. The van der Waals surface area contributed by atoms with Crippen LogP contribution in [-0.4, -0.2) is 22.2 Å². The lowest BCUT2D eigenvalue weighted by molar-refractivity contribution is -0.117. The summed E-state index contributed by atoms with van der Waals surface area (Å²) in [6.45, 7) is 1.46. The molecule has 0 atom stereocenters. The first-order valence-corrected chi connectivity index (χ1v) is 7.42. The fourth-order valence-electron chi connectivity index (χ4n) is 2.41.